The molecule has 0 spiro atoms. The Morgan fingerprint density at radius 3 is 2.26 bits per heavy atom. The standard InChI is InChI=1S/C19H28O4/c1-4-7-8-9-10-15-11-13-16(14-12-15)18(20)23-17(5-2)19(21)22-6-3/h11-14,17H,4-10H2,1-3H3. The summed E-state index contributed by atoms with van der Waals surface area (Å²) in [6.45, 7) is 5.99. The molecule has 4 heteroatoms. The maximum Gasteiger partial charge on any atom is 0.347 e. The predicted molar refractivity (Wildman–Crippen MR) is 90.4 cm³/mol. The van der Waals surface area contributed by atoms with Crippen LogP contribution in [0.5, 0.6) is 0 Å². The molecule has 1 unspecified atom stereocenters. The van der Waals surface area contributed by atoms with Gasteiger partial charge >= 0.3 is 11.9 Å². The van der Waals surface area contributed by atoms with Gasteiger partial charge in [-0.1, -0.05) is 45.2 Å². The number of hydrogen-bond donors (Lipinski definition) is 0. The summed E-state index contributed by atoms with van der Waals surface area (Å²) in [5.41, 5.74) is 1.68. The highest BCUT2D eigenvalue weighted by Crippen LogP contribution is 2.12. The molecule has 1 atom stereocenters. The van der Waals surface area contributed by atoms with Gasteiger partial charge in [0.15, 0.2) is 6.10 Å². The fourth-order valence-corrected chi connectivity index (χ4v) is 2.29. The summed E-state index contributed by atoms with van der Waals surface area (Å²) < 4.78 is 10.1. The average Bonchev–Trinajstić information content (AvgIpc) is 2.57. The van der Waals surface area contributed by atoms with E-state index in [9.17, 15) is 9.59 Å². The van der Waals surface area contributed by atoms with Crippen molar-refractivity contribution >= 4 is 11.9 Å². The highest BCUT2D eigenvalue weighted by Gasteiger charge is 2.22. The number of aryl methyl sites for hydroxylation is 1. The Kier molecular flexibility index (Phi) is 9.03. The van der Waals surface area contributed by atoms with Crippen LogP contribution in [0, 0.1) is 0 Å². The minimum Gasteiger partial charge on any atom is -0.463 e. The molecule has 0 aromatic heterocycles. The summed E-state index contributed by atoms with van der Waals surface area (Å²) in [5, 5.41) is 0. The molecule has 1 aromatic rings. The van der Waals surface area contributed by atoms with E-state index in [-0.39, 0.29) is 6.61 Å². The van der Waals surface area contributed by atoms with E-state index in [1.807, 2.05) is 12.1 Å². The van der Waals surface area contributed by atoms with Crippen molar-refractivity contribution in [3.8, 4) is 0 Å². The van der Waals surface area contributed by atoms with Crippen LogP contribution in [0.15, 0.2) is 24.3 Å². The topological polar surface area (TPSA) is 52.6 Å². The first-order valence-corrected chi connectivity index (χ1v) is 8.58. The molecule has 0 aliphatic rings. The average molecular weight is 320 g/mol. The predicted octanol–water partition coefficient (Wildman–Crippen LogP) is 4.31. The number of esters is 2. The second kappa shape index (κ2) is 10.8. The van der Waals surface area contributed by atoms with E-state index in [1.165, 1.54) is 31.2 Å². The molecule has 0 saturated carbocycles. The monoisotopic (exact) mass is 320 g/mol. The first-order valence-electron chi connectivity index (χ1n) is 8.58. The van der Waals surface area contributed by atoms with E-state index in [4.69, 9.17) is 9.47 Å². The lowest BCUT2D eigenvalue weighted by Gasteiger charge is -2.14. The molecule has 128 valence electrons. The van der Waals surface area contributed by atoms with E-state index >= 15 is 0 Å². The molecule has 0 bridgehead atoms. The van der Waals surface area contributed by atoms with Crippen LogP contribution in [0.25, 0.3) is 0 Å². The quantitative estimate of drug-likeness (QED) is 0.476. The van der Waals surface area contributed by atoms with Crippen molar-refractivity contribution in [3.63, 3.8) is 0 Å². The number of ether oxygens (including phenoxy) is 2. The fourth-order valence-electron chi connectivity index (χ4n) is 2.29. The lowest BCUT2D eigenvalue weighted by molar-refractivity contribution is -0.153. The van der Waals surface area contributed by atoms with Gasteiger partial charge in [0, 0.05) is 0 Å². The van der Waals surface area contributed by atoms with Crippen molar-refractivity contribution in [2.75, 3.05) is 6.61 Å². The number of rotatable bonds is 10. The molecule has 0 aliphatic heterocycles. The van der Waals surface area contributed by atoms with Crippen LogP contribution in [0.4, 0.5) is 0 Å². The van der Waals surface area contributed by atoms with Crippen LogP contribution in [-0.4, -0.2) is 24.6 Å². The lowest BCUT2D eigenvalue weighted by atomic mass is 10.0. The van der Waals surface area contributed by atoms with Crippen molar-refractivity contribution in [2.45, 2.75) is 65.4 Å². The van der Waals surface area contributed by atoms with Crippen LogP contribution in [0.2, 0.25) is 0 Å². The van der Waals surface area contributed by atoms with Gasteiger partial charge in [0.2, 0.25) is 0 Å². The molecular formula is C19H28O4. The summed E-state index contributed by atoms with van der Waals surface area (Å²) in [4.78, 5) is 23.8. The number of carbonyl (C=O) groups excluding carboxylic acids is 2. The van der Waals surface area contributed by atoms with Gasteiger partial charge in [-0.25, -0.2) is 9.59 Å². The molecule has 0 amide bonds. The Morgan fingerprint density at radius 1 is 1.00 bits per heavy atom. The fraction of sp³-hybridized carbons (Fsp3) is 0.579. The Hall–Kier alpha value is -1.84. The third kappa shape index (κ3) is 6.85. The van der Waals surface area contributed by atoms with Gasteiger partial charge in [0.1, 0.15) is 0 Å². The Morgan fingerprint density at radius 2 is 1.70 bits per heavy atom. The van der Waals surface area contributed by atoms with Crippen molar-refractivity contribution in [3.05, 3.63) is 35.4 Å². The largest absolute Gasteiger partial charge is 0.463 e. The van der Waals surface area contributed by atoms with Gasteiger partial charge in [0.05, 0.1) is 12.2 Å². The number of unbranched alkanes of at least 4 members (excludes halogenated alkanes) is 3. The zero-order valence-corrected chi connectivity index (χ0v) is 14.5. The Labute approximate surface area is 139 Å². The minimum absolute atomic E-state index is 0.277. The molecule has 1 aromatic carbocycles. The van der Waals surface area contributed by atoms with E-state index < -0.39 is 18.0 Å². The number of carbonyl (C=O) groups is 2. The minimum atomic E-state index is -0.837. The summed E-state index contributed by atoms with van der Waals surface area (Å²) in [7, 11) is 0. The van der Waals surface area contributed by atoms with E-state index in [0.29, 0.717) is 12.0 Å². The van der Waals surface area contributed by atoms with E-state index in [1.54, 1.807) is 26.0 Å². The van der Waals surface area contributed by atoms with Crippen LogP contribution < -0.4 is 0 Å². The molecule has 4 nitrogen and oxygen atoms in total. The summed E-state index contributed by atoms with van der Waals surface area (Å²) >= 11 is 0. The first kappa shape index (κ1) is 19.2. The molecule has 1 rings (SSSR count). The van der Waals surface area contributed by atoms with Crippen LogP contribution in [0.1, 0.15) is 68.8 Å². The second-order valence-electron chi connectivity index (χ2n) is 5.56. The van der Waals surface area contributed by atoms with Crippen LogP contribution >= 0.6 is 0 Å². The Balaban J connectivity index is 2.54. The molecule has 0 aliphatic carbocycles. The normalized spacial score (nSPS) is 11.8. The Bertz CT molecular complexity index is 479. The highest BCUT2D eigenvalue weighted by molar-refractivity contribution is 5.91. The molecule has 0 saturated heterocycles. The zero-order valence-electron chi connectivity index (χ0n) is 14.5. The van der Waals surface area contributed by atoms with Crippen molar-refractivity contribution in [1.82, 2.24) is 0 Å². The van der Waals surface area contributed by atoms with Gasteiger partial charge < -0.3 is 9.47 Å². The molecule has 0 heterocycles. The van der Waals surface area contributed by atoms with Gasteiger partial charge in [-0.05, 0) is 43.9 Å². The third-order valence-electron chi connectivity index (χ3n) is 3.68. The first-order chi connectivity index (χ1) is 11.1. The van der Waals surface area contributed by atoms with Crippen molar-refractivity contribution in [2.24, 2.45) is 0 Å². The maximum absolute atomic E-state index is 12.1. The molecule has 0 N–H and O–H groups in total. The number of hydrogen-bond acceptors (Lipinski definition) is 4. The summed E-state index contributed by atoms with van der Waals surface area (Å²) in [6.07, 6.45) is 5.48. The molecule has 0 fully saturated rings. The summed E-state index contributed by atoms with van der Waals surface area (Å²) in [6, 6.07) is 7.42. The third-order valence-corrected chi connectivity index (χ3v) is 3.68. The van der Waals surface area contributed by atoms with Crippen LogP contribution in [-0.2, 0) is 20.7 Å². The number of benzene rings is 1. The molecule has 0 radical (unpaired) electrons. The van der Waals surface area contributed by atoms with E-state index in [0.717, 1.165) is 6.42 Å². The maximum atomic E-state index is 12.1. The SMILES string of the molecule is CCCCCCc1ccc(C(=O)OC(CC)C(=O)OCC)cc1. The van der Waals surface area contributed by atoms with Crippen molar-refractivity contribution in [1.29, 1.82) is 0 Å². The van der Waals surface area contributed by atoms with Crippen molar-refractivity contribution < 1.29 is 19.1 Å². The molecular weight excluding hydrogens is 292 g/mol. The summed E-state index contributed by atoms with van der Waals surface area (Å²) in [5.74, 6) is -0.974. The zero-order chi connectivity index (χ0) is 17.1. The second-order valence-corrected chi connectivity index (χ2v) is 5.56. The van der Waals surface area contributed by atoms with Gasteiger partial charge in [-0.2, -0.15) is 0 Å². The van der Waals surface area contributed by atoms with Crippen LogP contribution in [0.3, 0.4) is 0 Å². The van der Waals surface area contributed by atoms with E-state index in [2.05, 4.69) is 6.92 Å². The van der Waals surface area contributed by atoms with Gasteiger partial charge in [-0.3, -0.25) is 0 Å². The lowest BCUT2D eigenvalue weighted by Crippen LogP contribution is -2.28. The van der Waals surface area contributed by atoms with Gasteiger partial charge in [0.25, 0.3) is 0 Å². The smallest absolute Gasteiger partial charge is 0.347 e. The van der Waals surface area contributed by atoms with Gasteiger partial charge in [-0.15, -0.1) is 0 Å². The molecule has 23 heavy (non-hydrogen) atoms. The highest BCUT2D eigenvalue weighted by atomic mass is 16.6.